The summed E-state index contributed by atoms with van der Waals surface area (Å²) in [6.07, 6.45) is 5.12. The number of aromatic nitrogens is 1. The maximum absolute atomic E-state index is 11.4. The number of urea groups is 1. The zero-order valence-electron chi connectivity index (χ0n) is 8.16. The van der Waals surface area contributed by atoms with Crippen LogP contribution in [0.3, 0.4) is 0 Å². The molecule has 1 fully saturated rings. The molecule has 0 aromatic carbocycles. The third-order valence-electron chi connectivity index (χ3n) is 2.41. The lowest BCUT2D eigenvalue weighted by atomic mass is 9.93. The summed E-state index contributed by atoms with van der Waals surface area (Å²) in [5, 5.41) is 5.59. The van der Waals surface area contributed by atoms with Gasteiger partial charge in [-0.25, -0.2) is 9.78 Å². The first-order valence-corrected chi connectivity index (χ1v) is 6.01. The van der Waals surface area contributed by atoms with E-state index < -0.39 is 0 Å². The predicted molar refractivity (Wildman–Crippen MR) is 66.7 cm³/mol. The smallest absolute Gasteiger partial charge is 0.320 e. The molecule has 0 aliphatic heterocycles. The zero-order valence-corrected chi connectivity index (χ0v) is 10.3. The molecule has 2 amide bonds. The Balaban J connectivity index is 1.84. The molecule has 2 rings (SSSR count). The standard InChI is InChI=1S/C10H12IN3O/c11-7-4-5-9(12-6-7)14-10(15)13-8-2-1-3-8/h4-6,8H,1-3H2,(H2,12,13,14,15). The third kappa shape index (κ3) is 3.05. The van der Waals surface area contributed by atoms with Gasteiger partial charge in [-0.15, -0.1) is 0 Å². The van der Waals surface area contributed by atoms with Gasteiger partial charge < -0.3 is 5.32 Å². The Morgan fingerprint density at radius 3 is 2.80 bits per heavy atom. The van der Waals surface area contributed by atoms with E-state index in [1.165, 1.54) is 6.42 Å². The van der Waals surface area contributed by atoms with E-state index >= 15 is 0 Å². The van der Waals surface area contributed by atoms with E-state index in [0.29, 0.717) is 11.9 Å². The number of nitrogens with one attached hydrogen (secondary N) is 2. The minimum atomic E-state index is -0.159. The maximum atomic E-state index is 11.4. The Bertz CT molecular complexity index is 348. The summed E-state index contributed by atoms with van der Waals surface area (Å²) in [6.45, 7) is 0. The lowest BCUT2D eigenvalue weighted by molar-refractivity contribution is 0.240. The first-order chi connectivity index (χ1) is 7.24. The van der Waals surface area contributed by atoms with Crippen molar-refractivity contribution in [3.63, 3.8) is 0 Å². The number of nitrogens with zero attached hydrogens (tertiary/aromatic N) is 1. The molecule has 0 saturated heterocycles. The molecule has 0 radical (unpaired) electrons. The van der Waals surface area contributed by atoms with Gasteiger partial charge in [0.1, 0.15) is 5.82 Å². The number of hydrogen-bond acceptors (Lipinski definition) is 2. The van der Waals surface area contributed by atoms with E-state index in [1.54, 1.807) is 12.3 Å². The maximum Gasteiger partial charge on any atom is 0.320 e. The van der Waals surface area contributed by atoms with Crippen LogP contribution in [-0.4, -0.2) is 17.1 Å². The first-order valence-electron chi connectivity index (χ1n) is 4.93. The summed E-state index contributed by atoms with van der Waals surface area (Å²) in [4.78, 5) is 15.5. The van der Waals surface area contributed by atoms with Crippen molar-refractivity contribution in [3.05, 3.63) is 21.9 Å². The van der Waals surface area contributed by atoms with Crippen LogP contribution in [0, 0.1) is 3.57 Å². The Morgan fingerprint density at radius 1 is 1.47 bits per heavy atom. The second kappa shape index (κ2) is 4.78. The van der Waals surface area contributed by atoms with Gasteiger partial charge >= 0.3 is 6.03 Å². The van der Waals surface area contributed by atoms with Crippen LogP contribution in [0.1, 0.15) is 19.3 Å². The van der Waals surface area contributed by atoms with Gasteiger partial charge in [0.25, 0.3) is 0 Å². The second-order valence-corrected chi connectivity index (χ2v) is 4.83. The summed E-state index contributed by atoms with van der Waals surface area (Å²) in [7, 11) is 0. The molecule has 5 heteroatoms. The molecule has 1 aromatic rings. The molecular formula is C10H12IN3O. The molecule has 0 spiro atoms. The Kier molecular flexibility index (Phi) is 3.40. The first kappa shape index (κ1) is 10.7. The molecular weight excluding hydrogens is 305 g/mol. The highest BCUT2D eigenvalue weighted by Gasteiger charge is 2.19. The van der Waals surface area contributed by atoms with E-state index in [2.05, 4.69) is 38.2 Å². The molecule has 1 aliphatic carbocycles. The van der Waals surface area contributed by atoms with Gasteiger partial charge in [0.05, 0.1) is 0 Å². The molecule has 0 unspecified atom stereocenters. The van der Waals surface area contributed by atoms with Gasteiger partial charge in [0.2, 0.25) is 0 Å². The summed E-state index contributed by atoms with van der Waals surface area (Å²) >= 11 is 2.17. The molecule has 0 atom stereocenters. The molecule has 80 valence electrons. The highest BCUT2D eigenvalue weighted by molar-refractivity contribution is 14.1. The fourth-order valence-electron chi connectivity index (χ4n) is 1.34. The number of halogens is 1. The summed E-state index contributed by atoms with van der Waals surface area (Å²) < 4.78 is 1.05. The molecule has 1 aromatic heterocycles. The number of pyridine rings is 1. The fourth-order valence-corrected chi connectivity index (χ4v) is 1.66. The largest absolute Gasteiger partial charge is 0.335 e. The van der Waals surface area contributed by atoms with Gasteiger partial charge in [-0.2, -0.15) is 0 Å². The van der Waals surface area contributed by atoms with Crippen molar-refractivity contribution >= 4 is 34.4 Å². The molecule has 1 aliphatic rings. The predicted octanol–water partition coefficient (Wildman–Crippen LogP) is 2.36. The number of amides is 2. The monoisotopic (exact) mass is 317 g/mol. The highest BCUT2D eigenvalue weighted by atomic mass is 127. The zero-order chi connectivity index (χ0) is 10.7. The Morgan fingerprint density at radius 2 is 2.27 bits per heavy atom. The summed E-state index contributed by atoms with van der Waals surface area (Å²) in [6, 6.07) is 3.90. The van der Waals surface area contributed by atoms with Crippen LogP contribution in [-0.2, 0) is 0 Å². The molecule has 1 heterocycles. The molecule has 15 heavy (non-hydrogen) atoms. The molecule has 0 bridgehead atoms. The van der Waals surface area contributed by atoms with Gasteiger partial charge in [0, 0.05) is 15.8 Å². The van der Waals surface area contributed by atoms with E-state index in [9.17, 15) is 4.79 Å². The van der Waals surface area contributed by atoms with Crippen LogP contribution in [0.25, 0.3) is 0 Å². The lowest BCUT2D eigenvalue weighted by Crippen LogP contribution is -2.41. The second-order valence-electron chi connectivity index (χ2n) is 3.59. The minimum Gasteiger partial charge on any atom is -0.335 e. The summed E-state index contributed by atoms with van der Waals surface area (Å²) in [5.41, 5.74) is 0. The minimum absolute atomic E-state index is 0.159. The van der Waals surface area contributed by atoms with Crippen LogP contribution in [0.5, 0.6) is 0 Å². The van der Waals surface area contributed by atoms with E-state index in [4.69, 9.17) is 0 Å². The van der Waals surface area contributed by atoms with Crippen molar-refractivity contribution in [2.24, 2.45) is 0 Å². The summed E-state index contributed by atoms with van der Waals surface area (Å²) in [5.74, 6) is 0.590. The normalized spacial score (nSPS) is 15.5. The van der Waals surface area contributed by atoms with Crippen LogP contribution < -0.4 is 10.6 Å². The van der Waals surface area contributed by atoms with E-state index in [1.807, 2.05) is 6.07 Å². The highest BCUT2D eigenvalue weighted by Crippen LogP contribution is 2.18. The topological polar surface area (TPSA) is 54.0 Å². The number of carbonyl (C=O) groups is 1. The van der Waals surface area contributed by atoms with Crippen molar-refractivity contribution in [3.8, 4) is 0 Å². The van der Waals surface area contributed by atoms with Crippen molar-refractivity contribution < 1.29 is 4.79 Å². The fraction of sp³-hybridized carbons (Fsp3) is 0.400. The number of rotatable bonds is 2. The van der Waals surface area contributed by atoms with Crippen molar-refractivity contribution in [1.82, 2.24) is 10.3 Å². The number of hydrogen-bond donors (Lipinski definition) is 2. The van der Waals surface area contributed by atoms with Crippen molar-refractivity contribution in [1.29, 1.82) is 0 Å². The molecule has 2 N–H and O–H groups in total. The SMILES string of the molecule is O=C(Nc1ccc(I)cn1)NC1CCC1. The molecule has 4 nitrogen and oxygen atoms in total. The van der Waals surface area contributed by atoms with Crippen molar-refractivity contribution in [2.45, 2.75) is 25.3 Å². The van der Waals surface area contributed by atoms with E-state index in [0.717, 1.165) is 16.4 Å². The van der Waals surface area contributed by atoms with Crippen LogP contribution in [0.2, 0.25) is 0 Å². The number of carbonyl (C=O) groups excluding carboxylic acids is 1. The number of anilines is 1. The Hall–Kier alpha value is -0.850. The third-order valence-corrected chi connectivity index (χ3v) is 3.05. The van der Waals surface area contributed by atoms with Gasteiger partial charge in [-0.05, 0) is 54.0 Å². The van der Waals surface area contributed by atoms with Gasteiger partial charge in [0.15, 0.2) is 0 Å². The van der Waals surface area contributed by atoms with Gasteiger partial charge in [-0.3, -0.25) is 5.32 Å². The Labute approximate surface area is 102 Å². The van der Waals surface area contributed by atoms with Crippen molar-refractivity contribution in [2.75, 3.05) is 5.32 Å². The average Bonchev–Trinajstić information content (AvgIpc) is 2.16. The molecule has 1 saturated carbocycles. The van der Waals surface area contributed by atoms with Gasteiger partial charge in [-0.1, -0.05) is 0 Å². The average molecular weight is 317 g/mol. The lowest BCUT2D eigenvalue weighted by Gasteiger charge is -2.26. The van der Waals surface area contributed by atoms with E-state index in [-0.39, 0.29) is 6.03 Å². The van der Waals surface area contributed by atoms with Crippen LogP contribution in [0.15, 0.2) is 18.3 Å². The quantitative estimate of drug-likeness (QED) is 0.823. The van der Waals surface area contributed by atoms with Crippen LogP contribution in [0.4, 0.5) is 10.6 Å². The van der Waals surface area contributed by atoms with Crippen LogP contribution >= 0.6 is 22.6 Å².